The molecule has 0 amide bonds. The van der Waals surface area contributed by atoms with E-state index >= 15 is 0 Å². The zero-order chi connectivity index (χ0) is 13.0. The molecule has 0 radical (unpaired) electrons. The number of anilines is 1. The van der Waals surface area contributed by atoms with Gasteiger partial charge in [-0.25, -0.2) is 9.97 Å². The Balaban J connectivity index is 2.07. The minimum Gasteiger partial charge on any atom is -0.469 e. The molecule has 1 atom stereocenters. The largest absolute Gasteiger partial charge is 0.469 e. The number of thiocarbonyl (C=S) groups is 1. The zero-order valence-electron chi connectivity index (χ0n) is 9.96. The summed E-state index contributed by atoms with van der Waals surface area (Å²) in [5.74, 6) is 1.51. The molecule has 0 aromatic carbocycles. The van der Waals surface area contributed by atoms with E-state index in [1.54, 1.807) is 18.7 Å². The average Bonchev–Trinajstić information content (AvgIpc) is 2.82. The molecule has 2 heterocycles. The Hall–Kier alpha value is -1.95. The summed E-state index contributed by atoms with van der Waals surface area (Å²) in [5, 5.41) is 3.23. The number of nitrogens with zero attached hydrogens (tertiary/aromatic N) is 2. The molecule has 0 spiro atoms. The molecule has 0 aliphatic rings. The van der Waals surface area contributed by atoms with Crippen LogP contribution in [0.4, 0.5) is 5.82 Å². The van der Waals surface area contributed by atoms with Crippen molar-refractivity contribution in [2.24, 2.45) is 5.73 Å². The molecule has 2 aromatic heterocycles. The Morgan fingerprint density at radius 1 is 1.50 bits per heavy atom. The second kappa shape index (κ2) is 5.59. The lowest BCUT2D eigenvalue weighted by Crippen LogP contribution is -2.23. The molecular formula is C12H14N4OS. The van der Waals surface area contributed by atoms with Gasteiger partial charge < -0.3 is 15.5 Å². The summed E-state index contributed by atoms with van der Waals surface area (Å²) < 4.78 is 5.29. The maximum atomic E-state index is 5.60. The maximum absolute atomic E-state index is 5.60. The van der Waals surface area contributed by atoms with Gasteiger partial charge in [0.1, 0.15) is 16.4 Å². The molecule has 2 rings (SSSR count). The molecule has 0 bridgehead atoms. The molecule has 3 N–H and O–H groups in total. The highest BCUT2D eigenvalue weighted by Crippen LogP contribution is 2.12. The van der Waals surface area contributed by atoms with E-state index in [2.05, 4.69) is 15.3 Å². The van der Waals surface area contributed by atoms with Crippen molar-refractivity contribution >= 4 is 23.0 Å². The smallest absolute Gasteiger partial charge is 0.155 e. The Bertz CT molecular complexity index is 527. The van der Waals surface area contributed by atoms with Crippen LogP contribution in [0.15, 0.2) is 35.2 Å². The molecule has 18 heavy (non-hydrogen) atoms. The van der Waals surface area contributed by atoms with Gasteiger partial charge in [0.25, 0.3) is 0 Å². The predicted molar refractivity (Wildman–Crippen MR) is 73.4 cm³/mol. The van der Waals surface area contributed by atoms with Gasteiger partial charge in [-0.2, -0.15) is 0 Å². The molecule has 6 heteroatoms. The first-order valence-corrected chi connectivity index (χ1v) is 5.97. The highest BCUT2D eigenvalue weighted by atomic mass is 32.1. The van der Waals surface area contributed by atoms with Crippen molar-refractivity contribution in [3.05, 3.63) is 42.2 Å². The quantitative estimate of drug-likeness (QED) is 0.799. The van der Waals surface area contributed by atoms with Gasteiger partial charge in [0.15, 0.2) is 5.82 Å². The van der Waals surface area contributed by atoms with Crippen LogP contribution in [-0.2, 0) is 6.42 Å². The molecule has 1 unspecified atom stereocenters. The molecule has 0 fully saturated rings. The highest BCUT2D eigenvalue weighted by Gasteiger charge is 2.11. The van der Waals surface area contributed by atoms with Crippen LogP contribution in [0.1, 0.15) is 18.4 Å². The van der Waals surface area contributed by atoms with E-state index in [0.29, 0.717) is 11.5 Å². The number of hydrogen-bond donors (Lipinski definition) is 2. The molecule has 2 aromatic rings. The fraction of sp³-hybridized carbons (Fsp3) is 0.250. The fourth-order valence-corrected chi connectivity index (χ4v) is 1.79. The second-order valence-corrected chi connectivity index (χ2v) is 4.39. The molecule has 0 saturated carbocycles. The van der Waals surface area contributed by atoms with E-state index in [1.807, 2.05) is 19.1 Å². The summed E-state index contributed by atoms with van der Waals surface area (Å²) in [5.41, 5.74) is 6.11. The SMILES string of the molecule is CC(Cc1ccco1)Nc1nccnc1C(N)=S. The predicted octanol–water partition coefficient (Wildman–Crippen LogP) is 1.75. The van der Waals surface area contributed by atoms with Gasteiger partial charge in [0, 0.05) is 24.9 Å². The third kappa shape index (κ3) is 3.04. The van der Waals surface area contributed by atoms with Gasteiger partial charge in [0.2, 0.25) is 0 Å². The Kier molecular flexibility index (Phi) is 3.88. The van der Waals surface area contributed by atoms with Crippen LogP contribution in [-0.4, -0.2) is 21.0 Å². The van der Waals surface area contributed by atoms with Gasteiger partial charge >= 0.3 is 0 Å². The highest BCUT2D eigenvalue weighted by molar-refractivity contribution is 7.80. The number of aromatic nitrogens is 2. The Labute approximate surface area is 110 Å². The number of rotatable bonds is 5. The maximum Gasteiger partial charge on any atom is 0.155 e. The van der Waals surface area contributed by atoms with Crippen molar-refractivity contribution < 1.29 is 4.42 Å². The summed E-state index contributed by atoms with van der Waals surface area (Å²) >= 11 is 4.94. The summed E-state index contributed by atoms with van der Waals surface area (Å²) in [4.78, 5) is 8.54. The Morgan fingerprint density at radius 2 is 2.28 bits per heavy atom. The van der Waals surface area contributed by atoms with Crippen LogP contribution < -0.4 is 11.1 Å². The van der Waals surface area contributed by atoms with E-state index in [9.17, 15) is 0 Å². The van der Waals surface area contributed by atoms with E-state index in [0.717, 1.165) is 12.2 Å². The van der Waals surface area contributed by atoms with Crippen molar-refractivity contribution in [3.63, 3.8) is 0 Å². The molecule has 94 valence electrons. The van der Waals surface area contributed by atoms with Crippen molar-refractivity contribution in [3.8, 4) is 0 Å². The molecule has 0 aliphatic heterocycles. The first kappa shape index (κ1) is 12.5. The molecule has 0 saturated heterocycles. The van der Waals surface area contributed by atoms with Crippen LogP contribution in [0.2, 0.25) is 0 Å². The van der Waals surface area contributed by atoms with Crippen molar-refractivity contribution in [2.75, 3.05) is 5.32 Å². The monoisotopic (exact) mass is 262 g/mol. The first-order valence-electron chi connectivity index (χ1n) is 5.56. The van der Waals surface area contributed by atoms with Gasteiger partial charge in [-0.1, -0.05) is 12.2 Å². The lowest BCUT2D eigenvalue weighted by molar-refractivity contribution is 0.497. The molecular weight excluding hydrogens is 248 g/mol. The molecule has 5 nitrogen and oxygen atoms in total. The third-order valence-corrected chi connectivity index (χ3v) is 2.60. The normalized spacial score (nSPS) is 12.1. The number of hydrogen-bond acceptors (Lipinski definition) is 5. The third-order valence-electron chi connectivity index (χ3n) is 2.40. The van der Waals surface area contributed by atoms with Gasteiger partial charge in [-0.05, 0) is 19.1 Å². The topological polar surface area (TPSA) is 77.0 Å². The van der Waals surface area contributed by atoms with Crippen LogP contribution in [0, 0.1) is 0 Å². The van der Waals surface area contributed by atoms with Crippen molar-refractivity contribution in [2.45, 2.75) is 19.4 Å². The summed E-state index contributed by atoms with van der Waals surface area (Å²) in [6.45, 7) is 2.03. The standard InChI is InChI=1S/C12H14N4OS/c1-8(7-9-3-2-6-17-9)16-12-10(11(13)18)14-4-5-15-12/h2-6,8H,7H2,1H3,(H2,13,18)(H,15,16). The summed E-state index contributed by atoms with van der Waals surface area (Å²) in [6.07, 6.45) is 5.58. The summed E-state index contributed by atoms with van der Waals surface area (Å²) in [7, 11) is 0. The minimum atomic E-state index is 0.140. The lowest BCUT2D eigenvalue weighted by Gasteiger charge is -2.14. The van der Waals surface area contributed by atoms with E-state index < -0.39 is 0 Å². The van der Waals surface area contributed by atoms with Crippen molar-refractivity contribution in [1.29, 1.82) is 0 Å². The van der Waals surface area contributed by atoms with Crippen LogP contribution in [0.3, 0.4) is 0 Å². The zero-order valence-corrected chi connectivity index (χ0v) is 10.8. The van der Waals surface area contributed by atoms with Gasteiger partial charge in [-0.3, -0.25) is 0 Å². The van der Waals surface area contributed by atoms with Crippen LogP contribution in [0.25, 0.3) is 0 Å². The van der Waals surface area contributed by atoms with Crippen LogP contribution >= 0.6 is 12.2 Å². The first-order chi connectivity index (χ1) is 8.66. The minimum absolute atomic E-state index is 0.140. The van der Waals surface area contributed by atoms with Gasteiger partial charge in [-0.15, -0.1) is 0 Å². The molecule has 0 aliphatic carbocycles. The van der Waals surface area contributed by atoms with E-state index in [4.69, 9.17) is 22.4 Å². The van der Waals surface area contributed by atoms with E-state index in [-0.39, 0.29) is 11.0 Å². The number of furan rings is 1. The van der Waals surface area contributed by atoms with E-state index in [1.165, 1.54) is 0 Å². The number of nitrogens with one attached hydrogen (secondary N) is 1. The lowest BCUT2D eigenvalue weighted by atomic mass is 10.2. The van der Waals surface area contributed by atoms with Gasteiger partial charge in [0.05, 0.1) is 6.26 Å². The Morgan fingerprint density at radius 3 is 2.94 bits per heavy atom. The second-order valence-electron chi connectivity index (χ2n) is 3.95. The van der Waals surface area contributed by atoms with Crippen molar-refractivity contribution in [1.82, 2.24) is 9.97 Å². The number of nitrogens with two attached hydrogens (primary N) is 1. The van der Waals surface area contributed by atoms with Crippen LogP contribution in [0.5, 0.6) is 0 Å². The fourth-order valence-electron chi connectivity index (χ4n) is 1.64. The summed E-state index contributed by atoms with van der Waals surface area (Å²) in [6, 6.07) is 3.94. The average molecular weight is 262 g/mol.